The molecule has 0 radical (unpaired) electrons. The van der Waals surface area contributed by atoms with Crippen molar-refractivity contribution in [1.29, 1.82) is 0 Å². The molecular weight excluding hydrogens is 813 g/mol. The second kappa shape index (κ2) is 17.8. The van der Waals surface area contributed by atoms with Crippen LogP contribution in [0.3, 0.4) is 0 Å². The molecule has 3 aliphatic heterocycles. The van der Waals surface area contributed by atoms with Gasteiger partial charge in [0, 0.05) is 62.0 Å². The van der Waals surface area contributed by atoms with E-state index in [0.29, 0.717) is 41.1 Å². The standard InChI is InChI=1S/C46H53ClFN9O5/c1-54-40(20-28-4-5-28)36(23-50-54)42-38(47)24-49-45(53-42)51-32-8-10-33(11-9-32)56(46(61)62)19-14-27-2-6-29(7-3-27)25-55-17-15-30(16-18-55)34-21-31(48)22-35-37(34)26-57(44(35)60)39-12-13-41(58)52-43(39)59/h2-3,6-7,21-24,28,30,32-33,39H,4-5,8-20,25-26H2,1H3,(H,61,62)(H,49,51,53)(H,52,58,59). The van der Waals surface area contributed by atoms with Crippen molar-refractivity contribution in [3.63, 3.8) is 0 Å². The minimum Gasteiger partial charge on any atom is -0.465 e. The number of likely N-dealkylation sites (tertiary alicyclic amines) is 1. The van der Waals surface area contributed by atoms with Gasteiger partial charge in [0.15, 0.2) is 0 Å². The summed E-state index contributed by atoms with van der Waals surface area (Å²) >= 11 is 6.60. The Balaban J connectivity index is 0.743. The number of amides is 4. The third-order valence-electron chi connectivity index (χ3n) is 13.7. The van der Waals surface area contributed by atoms with Crippen LogP contribution in [-0.2, 0) is 42.6 Å². The maximum absolute atomic E-state index is 14.9. The van der Waals surface area contributed by atoms with E-state index in [0.717, 1.165) is 92.5 Å². The highest BCUT2D eigenvalue weighted by molar-refractivity contribution is 6.33. The van der Waals surface area contributed by atoms with Crippen molar-refractivity contribution in [2.24, 2.45) is 13.0 Å². The molecular formula is C46H53ClFN9O5. The van der Waals surface area contributed by atoms with Gasteiger partial charge in [-0.1, -0.05) is 35.9 Å². The first-order chi connectivity index (χ1) is 30.0. The van der Waals surface area contributed by atoms with Gasteiger partial charge in [-0.25, -0.2) is 19.2 Å². The van der Waals surface area contributed by atoms with Crippen LogP contribution in [0.4, 0.5) is 15.1 Å². The fraction of sp³-hybridized carbons (Fsp3) is 0.500. The molecule has 1 atom stereocenters. The number of anilines is 1. The maximum atomic E-state index is 14.9. The molecule has 0 spiro atoms. The number of rotatable bonds is 13. The number of nitrogens with one attached hydrogen (secondary N) is 2. The zero-order valence-electron chi connectivity index (χ0n) is 35.0. The number of aryl methyl sites for hydroxylation is 1. The summed E-state index contributed by atoms with van der Waals surface area (Å²) in [7, 11) is 1.96. The molecule has 4 aromatic rings. The molecule has 3 N–H and O–H groups in total. The van der Waals surface area contributed by atoms with E-state index in [1.807, 2.05) is 17.9 Å². The van der Waals surface area contributed by atoms with Gasteiger partial charge in [-0.3, -0.25) is 29.3 Å². The van der Waals surface area contributed by atoms with E-state index in [1.165, 1.54) is 29.4 Å². The molecule has 2 saturated heterocycles. The molecule has 326 valence electrons. The van der Waals surface area contributed by atoms with Gasteiger partial charge in [-0.2, -0.15) is 5.10 Å². The van der Waals surface area contributed by atoms with Crippen LogP contribution in [-0.4, -0.2) is 101 Å². The average Bonchev–Trinajstić information content (AvgIpc) is 3.94. The number of hydrogen-bond acceptors (Lipinski definition) is 9. The van der Waals surface area contributed by atoms with Gasteiger partial charge in [0.25, 0.3) is 5.91 Å². The van der Waals surface area contributed by atoms with Crippen molar-refractivity contribution in [3.8, 4) is 11.3 Å². The summed E-state index contributed by atoms with van der Waals surface area (Å²) in [6.07, 6.45) is 11.8. The number of fused-ring (bicyclic) bond motifs is 1. The molecule has 14 nitrogen and oxygen atoms in total. The Bertz CT molecular complexity index is 2350. The highest BCUT2D eigenvalue weighted by Crippen LogP contribution is 2.39. The Morgan fingerprint density at radius 3 is 2.42 bits per heavy atom. The van der Waals surface area contributed by atoms with Crippen molar-refractivity contribution in [2.75, 3.05) is 25.0 Å². The van der Waals surface area contributed by atoms with E-state index in [-0.39, 0.29) is 49.2 Å². The fourth-order valence-corrected chi connectivity index (χ4v) is 10.2. The number of benzene rings is 2. The van der Waals surface area contributed by atoms with E-state index in [2.05, 4.69) is 49.9 Å². The number of piperidine rings is 2. The van der Waals surface area contributed by atoms with Crippen molar-refractivity contribution < 1.29 is 28.7 Å². The number of carbonyl (C=O) groups excluding carboxylic acids is 3. The summed E-state index contributed by atoms with van der Waals surface area (Å²) in [4.78, 5) is 64.9. The number of carboxylic acid groups (broad SMARTS) is 1. The van der Waals surface area contributed by atoms with E-state index in [4.69, 9.17) is 16.6 Å². The Morgan fingerprint density at radius 1 is 0.968 bits per heavy atom. The largest absolute Gasteiger partial charge is 0.465 e. The molecule has 5 heterocycles. The zero-order valence-corrected chi connectivity index (χ0v) is 35.7. The summed E-state index contributed by atoms with van der Waals surface area (Å²) in [5, 5.41) is 21.0. The van der Waals surface area contributed by atoms with Crippen LogP contribution in [0, 0.1) is 11.7 Å². The molecule has 0 bridgehead atoms. The number of aromatic nitrogens is 4. The highest BCUT2D eigenvalue weighted by Gasteiger charge is 2.41. The molecule has 5 aliphatic rings. The predicted octanol–water partition coefficient (Wildman–Crippen LogP) is 6.71. The first kappa shape index (κ1) is 41.9. The second-order valence-electron chi connectivity index (χ2n) is 17.8. The lowest BCUT2D eigenvalue weighted by atomic mass is 9.85. The average molecular weight is 866 g/mol. The van der Waals surface area contributed by atoms with Crippen molar-refractivity contribution in [1.82, 2.24) is 39.8 Å². The van der Waals surface area contributed by atoms with Gasteiger partial charge in [0.05, 0.1) is 23.1 Å². The highest BCUT2D eigenvalue weighted by atomic mass is 35.5. The summed E-state index contributed by atoms with van der Waals surface area (Å²) in [6, 6.07) is 10.6. The summed E-state index contributed by atoms with van der Waals surface area (Å²) in [5.41, 5.74) is 6.96. The van der Waals surface area contributed by atoms with Crippen molar-refractivity contribution in [2.45, 2.75) is 114 Å². The van der Waals surface area contributed by atoms with E-state index >= 15 is 0 Å². The molecule has 16 heteroatoms. The van der Waals surface area contributed by atoms with Crippen LogP contribution in [0.5, 0.6) is 0 Å². The minimum absolute atomic E-state index is 0.0620. The van der Waals surface area contributed by atoms with Crippen LogP contribution in [0.1, 0.15) is 108 Å². The smallest absolute Gasteiger partial charge is 0.407 e. The van der Waals surface area contributed by atoms with Gasteiger partial charge in [-0.05, 0) is 130 Å². The van der Waals surface area contributed by atoms with E-state index in [1.54, 1.807) is 17.2 Å². The quantitative estimate of drug-likeness (QED) is 0.123. The van der Waals surface area contributed by atoms with Crippen LogP contribution < -0.4 is 10.6 Å². The number of halogens is 2. The van der Waals surface area contributed by atoms with Gasteiger partial charge >= 0.3 is 6.09 Å². The zero-order chi connectivity index (χ0) is 43.1. The topological polar surface area (TPSA) is 166 Å². The van der Waals surface area contributed by atoms with Gasteiger partial charge in [0.2, 0.25) is 17.8 Å². The normalized spacial score (nSPS) is 22.1. The summed E-state index contributed by atoms with van der Waals surface area (Å²) in [5.74, 6) is -0.334. The minimum atomic E-state index is -0.896. The Hall–Kier alpha value is -5.41. The van der Waals surface area contributed by atoms with Gasteiger partial charge in [0.1, 0.15) is 11.9 Å². The van der Waals surface area contributed by atoms with Crippen molar-refractivity contribution >= 4 is 41.4 Å². The predicted molar refractivity (Wildman–Crippen MR) is 230 cm³/mol. The number of imide groups is 1. The lowest BCUT2D eigenvalue weighted by Crippen LogP contribution is -2.52. The monoisotopic (exact) mass is 865 g/mol. The number of nitrogens with zero attached hydrogens (tertiary/aromatic N) is 7. The number of hydrogen-bond donors (Lipinski definition) is 3. The van der Waals surface area contributed by atoms with Crippen molar-refractivity contribution in [3.05, 3.63) is 93.1 Å². The van der Waals surface area contributed by atoms with E-state index < -0.39 is 23.9 Å². The lowest BCUT2D eigenvalue weighted by molar-refractivity contribution is -0.136. The lowest BCUT2D eigenvalue weighted by Gasteiger charge is -2.35. The Kier molecular flexibility index (Phi) is 12.0. The molecule has 2 aromatic carbocycles. The molecule has 2 saturated carbocycles. The summed E-state index contributed by atoms with van der Waals surface area (Å²) < 4.78 is 16.8. The fourth-order valence-electron chi connectivity index (χ4n) is 10.0. The maximum Gasteiger partial charge on any atom is 0.407 e. The first-order valence-corrected chi connectivity index (χ1v) is 22.4. The van der Waals surface area contributed by atoms with Crippen LogP contribution in [0.2, 0.25) is 5.02 Å². The van der Waals surface area contributed by atoms with Crippen LogP contribution in [0.15, 0.2) is 48.8 Å². The third-order valence-corrected chi connectivity index (χ3v) is 14.0. The summed E-state index contributed by atoms with van der Waals surface area (Å²) in [6.45, 7) is 3.05. The Morgan fingerprint density at radius 2 is 1.71 bits per heavy atom. The molecule has 9 rings (SSSR count). The molecule has 2 aliphatic carbocycles. The van der Waals surface area contributed by atoms with Crippen LogP contribution in [0.25, 0.3) is 11.3 Å². The second-order valence-corrected chi connectivity index (χ2v) is 18.2. The molecule has 1 unspecified atom stereocenters. The molecule has 4 amide bonds. The molecule has 2 aromatic heterocycles. The Labute approximate surface area is 365 Å². The first-order valence-electron chi connectivity index (χ1n) is 22.0. The SMILES string of the molecule is Cn1ncc(-c2nc(NC3CCC(N(CCc4ccc(CN5CCC(c6cc(F)cc7c6CN(C6CCC(=O)NC6=O)C7=O)CC5)cc4)C(=O)O)CC3)ncc2Cl)c1CC1CC1. The van der Waals surface area contributed by atoms with Gasteiger partial charge < -0.3 is 20.2 Å². The van der Waals surface area contributed by atoms with Gasteiger partial charge in [-0.15, -0.1) is 0 Å². The van der Waals surface area contributed by atoms with E-state index in [9.17, 15) is 28.7 Å². The van der Waals surface area contributed by atoms with Crippen LogP contribution >= 0.6 is 11.6 Å². The molecule has 62 heavy (non-hydrogen) atoms. The molecule has 4 fully saturated rings. The number of carbonyl (C=O) groups is 4. The third kappa shape index (κ3) is 9.05.